The number of carboxylic acid groups (broad SMARTS) is 1. The van der Waals surface area contributed by atoms with Crippen LogP contribution in [0.4, 0.5) is 0 Å². The summed E-state index contributed by atoms with van der Waals surface area (Å²) < 4.78 is 16.1. The first-order valence-corrected chi connectivity index (χ1v) is 9.32. The summed E-state index contributed by atoms with van der Waals surface area (Å²) in [5.41, 5.74) is 1.63. The van der Waals surface area contributed by atoms with Gasteiger partial charge in [0.1, 0.15) is 16.4 Å². The van der Waals surface area contributed by atoms with E-state index in [-0.39, 0.29) is 5.91 Å². The maximum absolute atomic E-state index is 13.0. The number of hydrogen-bond donors (Lipinski definition) is 1. The predicted octanol–water partition coefficient (Wildman–Crippen LogP) is 2.67. The first-order chi connectivity index (χ1) is 13.0. The van der Waals surface area contributed by atoms with E-state index in [0.29, 0.717) is 42.7 Å². The summed E-state index contributed by atoms with van der Waals surface area (Å²) in [5.74, 6) is -0.222. The molecule has 8 heteroatoms. The van der Waals surface area contributed by atoms with Crippen molar-refractivity contribution in [1.82, 2.24) is 4.90 Å². The van der Waals surface area contributed by atoms with Crippen LogP contribution in [0.5, 0.6) is 11.5 Å². The van der Waals surface area contributed by atoms with Crippen LogP contribution in [0.2, 0.25) is 0 Å². The number of rotatable bonds is 6. The number of benzene rings is 1. The molecule has 1 aliphatic rings. The fourth-order valence-electron chi connectivity index (χ4n) is 2.90. The molecule has 2 heterocycles. The van der Waals surface area contributed by atoms with E-state index in [2.05, 4.69) is 0 Å². The van der Waals surface area contributed by atoms with Gasteiger partial charge >= 0.3 is 5.97 Å². The molecule has 0 atom stereocenters. The molecular formula is C19H21NO6S. The van der Waals surface area contributed by atoms with Gasteiger partial charge in [-0.05, 0) is 24.6 Å². The lowest BCUT2D eigenvalue weighted by Crippen LogP contribution is -2.40. The Hall–Kier alpha value is -2.58. The Balaban J connectivity index is 2.01. The molecule has 1 amide bonds. The van der Waals surface area contributed by atoms with Gasteiger partial charge in [-0.15, -0.1) is 11.3 Å². The molecule has 1 aromatic heterocycles. The Morgan fingerprint density at radius 1 is 1.30 bits per heavy atom. The Morgan fingerprint density at radius 3 is 2.70 bits per heavy atom. The van der Waals surface area contributed by atoms with E-state index in [1.807, 2.05) is 31.2 Å². The van der Waals surface area contributed by atoms with Gasteiger partial charge in [0.2, 0.25) is 0 Å². The van der Waals surface area contributed by atoms with Crippen molar-refractivity contribution in [2.24, 2.45) is 0 Å². The zero-order chi connectivity index (χ0) is 19.4. The first-order valence-electron chi connectivity index (χ1n) is 8.50. The predicted molar refractivity (Wildman–Crippen MR) is 101 cm³/mol. The molecule has 1 aliphatic heterocycles. The normalized spacial score (nSPS) is 14.1. The van der Waals surface area contributed by atoms with Gasteiger partial charge < -0.3 is 24.2 Å². The summed E-state index contributed by atoms with van der Waals surface area (Å²) in [4.78, 5) is 27.0. The summed E-state index contributed by atoms with van der Waals surface area (Å²) in [5, 5.41) is 8.99. The summed E-state index contributed by atoms with van der Waals surface area (Å²) in [6, 6.07) is 7.51. The quantitative estimate of drug-likeness (QED) is 0.815. The molecule has 0 aliphatic carbocycles. The largest absolute Gasteiger partial charge is 0.497 e. The molecule has 0 saturated carbocycles. The van der Waals surface area contributed by atoms with Crippen LogP contribution in [0, 0.1) is 6.92 Å². The van der Waals surface area contributed by atoms with Gasteiger partial charge in [-0.2, -0.15) is 0 Å². The van der Waals surface area contributed by atoms with Gasteiger partial charge in [0.05, 0.1) is 20.3 Å². The van der Waals surface area contributed by atoms with E-state index in [1.165, 1.54) is 11.3 Å². The lowest BCUT2D eigenvalue weighted by molar-refractivity contribution is -0.139. The third kappa shape index (κ3) is 4.23. The molecule has 0 spiro atoms. The Bertz CT molecular complexity index is 841. The van der Waals surface area contributed by atoms with Crippen LogP contribution < -0.4 is 9.47 Å². The minimum atomic E-state index is -1.09. The average Bonchev–Trinajstić information content (AvgIpc) is 3.02. The van der Waals surface area contributed by atoms with Crippen LogP contribution in [-0.4, -0.2) is 61.9 Å². The van der Waals surface area contributed by atoms with E-state index in [1.54, 1.807) is 12.0 Å². The van der Waals surface area contributed by atoms with Crippen molar-refractivity contribution in [1.29, 1.82) is 0 Å². The molecule has 27 heavy (non-hydrogen) atoms. The minimum absolute atomic E-state index is 0.166. The number of thiophene rings is 1. The molecule has 1 fully saturated rings. The lowest BCUT2D eigenvalue weighted by Gasteiger charge is -2.26. The highest BCUT2D eigenvalue weighted by atomic mass is 32.1. The molecule has 0 radical (unpaired) electrons. The molecule has 1 N–H and O–H groups in total. The van der Waals surface area contributed by atoms with Crippen LogP contribution in [0.15, 0.2) is 24.3 Å². The number of carbonyl (C=O) groups excluding carboxylic acids is 1. The topological polar surface area (TPSA) is 85.3 Å². The number of morpholine rings is 1. The van der Waals surface area contributed by atoms with Crippen molar-refractivity contribution >= 4 is 23.2 Å². The second-order valence-electron chi connectivity index (χ2n) is 6.03. The maximum Gasteiger partial charge on any atom is 0.341 e. The van der Waals surface area contributed by atoms with Gasteiger partial charge in [0.15, 0.2) is 6.61 Å². The number of amides is 1. The molecule has 7 nitrogen and oxygen atoms in total. The number of hydrogen-bond acceptors (Lipinski definition) is 6. The van der Waals surface area contributed by atoms with Crippen molar-refractivity contribution in [2.75, 3.05) is 40.0 Å². The molecule has 2 aromatic rings. The first kappa shape index (κ1) is 19.2. The summed E-state index contributed by atoms with van der Waals surface area (Å²) in [7, 11) is 1.59. The number of nitrogens with zero attached hydrogens (tertiary/aromatic N) is 1. The highest BCUT2D eigenvalue weighted by Crippen LogP contribution is 2.42. The zero-order valence-electron chi connectivity index (χ0n) is 15.2. The van der Waals surface area contributed by atoms with Crippen LogP contribution in [0.1, 0.15) is 15.2 Å². The van der Waals surface area contributed by atoms with Crippen molar-refractivity contribution in [3.05, 3.63) is 34.7 Å². The Morgan fingerprint density at radius 2 is 2.04 bits per heavy atom. The number of aliphatic carboxylic acids is 1. The molecular weight excluding hydrogens is 370 g/mol. The third-order valence-corrected chi connectivity index (χ3v) is 5.57. The fraction of sp³-hybridized carbons (Fsp3) is 0.368. The van der Waals surface area contributed by atoms with Crippen LogP contribution in [-0.2, 0) is 9.53 Å². The van der Waals surface area contributed by atoms with Crippen molar-refractivity contribution in [2.45, 2.75) is 6.92 Å². The van der Waals surface area contributed by atoms with Gasteiger partial charge in [-0.1, -0.05) is 12.1 Å². The van der Waals surface area contributed by atoms with E-state index < -0.39 is 12.6 Å². The summed E-state index contributed by atoms with van der Waals surface area (Å²) >= 11 is 1.31. The van der Waals surface area contributed by atoms with Crippen molar-refractivity contribution < 1.29 is 28.9 Å². The van der Waals surface area contributed by atoms with Gasteiger partial charge in [0, 0.05) is 23.5 Å². The summed E-state index contributed by atoms with van der Waals surface area (Å²) in [6.07, 6.45) is 0. The fourth-order valence-corrected chi connectivity index (χ4v) is 4.11. The second-order valence-corrected chi connectivity index (χ2v) is 7.05. The SMILES string of the molecule is COc1cccc(-c2sc(C(=O)N3CCOCC3)c(OCC(=O)O)c2C)c1. The molecule has 0 bridgehead atoms. The van der Waals surface area contributed by atoms with Gasteiger partial charge in [0.25, 0.3) is 5.91 Å². The third-order valence-electron chi connectivity index (χ3n) is 4.26. The van der Waals surface area contributed by atoms with Crippen molar-refractivity contribution in [3.63, 3.8) is 0 Å². The lowest BCUT2D eigenvalue weighted by atomic mass is 10.1. The monoisotopic (exact) mass is 391 g/mol. The van der Waals surface area contributed by atoms with Gasteiger partial charge in [-0.25, -0.2) is 4.79 Å². The number of carboxylic acids is 1. The number of ether oxygens (including phenoxy) is 3. The molecule has 144 valence electrons. The second kappa shape index (κ2) is 8.41. The maximum atomic E-state index is 13.0. The van der Waals surface area contributed by atoms with Crippen LogP contribution in [0.3, 0.4) is 0 Å². The zero-order valence-corrected chi connectivity index (χ0v) is 16.0. The minimum Gasteiger partial charge on any atom is -0.497 e. The highest BCUT2D eigenvalue weighted by molar-refractivity contribution is 7.18. The van der Waals surface area contributed by atoms with Crippen LogP contribution >= 0.6 is 11.3 Å². The smallest absolute Gasteiger partial charge is 0.341 e. The van der Waals surface area contributed by atoms with Crippen molar-refractivity contribution in [3.8, 4) is 21.9 Å². The molecule has 0 unspecified atom stereocenters. The van der Waals surface area contributed by atoms with Crippen LogP contribution in [0.25, 0.3) is 10.4 Å². The average molecular weight is 391 g/mol. The molecule has 3 rings (SSSR count). The standard InChI is InChI=1S/C19H21NO6S/c1-12-16(26-11-15(21)22)18(19(23)20-6-8-25-9-7-20)27-17(12)13-4-3-5-14(10-13)24-2/h3-5,10H,6-9,11H2,1-2H3,(H,21,22). The van der Waals surface area contributed by atoms with E-state index >= 15 is 0 Å². The number of methoxy groups -OCH3 is 1. The van der Waals surface area contributed by atoms with E-state index in [0.717, 1.165) is 16.0 Å². The highest BCUT2D eigenvalue weighted by Gasteiger charge is 2.28. The Labute approximate surface area is 161 Å². The Kier molecular flexibility index (Phi) is 5.98. The van der Waals surface area contributed by atoms with E-state index in [9.17, 15) is 9.59 Å². The summed E-state index contributed by atoms with van der Waals surface area (Å²) in [6.45, 7) is 3.32. The number of carbonyl (C=O) groups is 2. The van der Waals surface area contributed by atoms with E-state index in [4.69, 9.17) is 19.3 Å². The van der Waals surface area contributed by atoms with Gasteiger partial charge in [-0.3, -0.25) is 4.79 Å². The molecule has 1 saturated heterocycles. The molecule has 1 aromatic carbocycles.